The molecule has 0 aliphatic carbocycles. The first-order valence-electron chi connectivity index (χ1n) is 37.9. The average molecular weight is 1680 g/mol. The number of fused-ring (bicyclic) bond motifs is 3. The van der Waals surface area contributed by atoms with Crippen LogP contribution >= 0.6 is 34.0 Å². The van der Waals surface area contributed by atoms with Crippen molar-refractivity contribution in [2.75, 3.05) is 59.5 Å². The maximum absolute atomic E-state index is 14.5. The first-order valence-corrected chi connectivity index (χ1v) is 40.4. The number of nitrogens with two attached hydrogens (primary N) is 2. The van der Waals surface area contributed by atoms with E-state index in [4.69, 9.17) is 54.1 Å². The second-order valence-electron chi connectivity index (χ2n) is 29.5. The van der Waals surface area contributed by atoms with E-state index in [2.05, 4.69) is 12.1 Å². The third-order valence-corrected chi connectivity index (χ3v) is 24.5. The van der Waals surface area contributed by atoms with Gasteiger partial charge in [-0.15, -0.1) is 34.0 Å². The number of carboxylic acid groups (broad SMARTS) is 1. The minimum absolute atomic E-state index is 0.0829. The van der Waals surface area contributed by atoms with Gasteiger partial charge in [-0.05, 0) is 193 Å². The fourth-order valence-electron chi connectivity index (χ4n) is 14.1. The molecule has 117 heavy (non-hydrogen) atoms. The lowest BCUT2D eigenvalue weighted by molar-refractivity contribution is -0.146. The molecule has 3 atom stereocenters. The highest BCUT2D eigenvalue weighted by Gasteiger charge is 2.40. The third-order valence-electron chi connectivity index (χ3n) is 20.8. The number of primary amides is 2. The molecule has 0 spiro atoms. The monoisotopic (exact) mass is 1680 g/mol. The van der Waals surface area contributed by atoms with Crippen molar-refractivity contribution in [3.63, 3.8) is 0 Å². The molecular formula is C81H92F3N11O19S3. The molecule has 5 N–H and O–H groups in total. The number of hydrogen-bond donors (Lipinski definition) is 3. The van der Waals surface area contributed by atoms with E-state index in [9.17, 15) is 77.2 Å². The molecule has 3 aliphatic rings. The van der Waals surface area contributed by atoms with Crippen LogP contribution in [0.5, 0.6) is 17.2 Å². The predicted octanol–water partition coefficient (Wildman–Crippen LogP) is 9.90. The van der Waals surface area contributed by atoms with Crippen LogP contribution in [0.15, 0.2) is 83.4 Å². The zero-order chi connectivity index (χ0) is 85.4. The van der Waals surface area contributed by atoms with Gasteiger partial charge in [0.2, 0.25) is 11.8 Å². The summed E-state index contributed by atoms with van der Waals surface area (Å²) in [5.41, 5.74) is 3.58. The summed E-state index contributed by atoms with van der Waals surface area (Å²) in [5, 5.41) is 39.3. The first kappa shape index (κ1) is 88.8. The standard InChI is InChI=1S/2C27H31FN4O6S.C27H30FN3O7S/c2*1-5-37-19-7-6-16(28)12-18(19)20(38-17-8-10-36-11-9-17)14-31-24-22(15(2)21(13-29)39-24)23(33)32(26(31)35)27(3,4)25(30)34;1-5-37-19-7-6-16(28)12-18(19)20(38-17-8-10-36-11-9-17)14-30-24-22(15(2)21(13-29)39-24)23(32)31(26(30)35)27(3,4)25(33)34/h2*6-7,12,17,20H,5,8-11,14H2,1-4H3,(H2,30,34);6-7,12,17,20H,5,8-11,14H2,1-4H3,(H,33,34)/t3*20-/m000/s1. The number of thiophene rings is 3. The molecule has 3 saturated heterocycles. The number of carbonyl (C=O) groups excluding carboxylic acids is 2. The minimum Gasteiger partial charge on any atom is -0.493 e. The largest absolute Gasteiger partial charge is 0.493 e. The van der Waals surface area contributed by atoms with Gasteiger partial charge in [0.15, 0.2) is 0 Å². The van der Waals surface area contributed by atoms with Gasteiger partial charge in [0, 0.05) is 56.3 Å². The summed E-state index contributed by atoms with van der Waals surface area (Å²) < 4.78 is 103. The second kappa shape index (κ2) is 37.3. The second-order valence-corrected chi connectivity index (χ2v) is 32.5. The number of ether oxygens (including phenoxy) is 9. The SMILES string of the molecule is CCOc1ccc(F)cc1[C@H](Cn1c(=O)n(C(C)(C)C(=O)O)c(=O)c2c(C)c(C#N)sc21)OC1CCOCC1.CCOc1ccc(F)cc1[C@H](Cn1c(=O)n(C(C)(C)C(N)=O)c(=O)c2c(C)c(C#N)sc21)OC1CCOCC1.CCOc1ccc(F)cc1[C@H](Cn1c(=O)n(C(C)(C)C(N)=O)c(=O)c2c(C)c(C#N)sc21)OC1CCOCC1. The molecule has 3 aromatic carbocycles. The number of aryl methyl sites for hydroxylation is 3. The number of rotatable bonds is 27. The molecule has 0 radical (unpaired) electrons. The first-order chi connectivity index (χ1) is 55.5. The quantitative estimate of drug-likeness (QED) is 0.0431. The van der Waals surface area contributed by atoms with Gasteiger partial charge < -0.3 is 59.2 Å². The normalized spacial score (nSPS) is 15.3. The highest BCUT2D eigenvalue weighted by atomic mass is 32.1. The zero-order valence-corrected chi connectivity index (χ0v) is 69.2. The topological polar surface area (TPSA) is 410 Å². The van der Waals surface area contributed by atoms with E-state index in [1.54, 1.807) is 41.5 Å². The molecule has 6 aromatic heterocycles. The van der Waals surface area contributed by atoms with Crippen molar-refractivity contribution in [3.8, 4) is 35.5 Å². The Labute approximate surface area is 680 Å². The van der Waals surface area contributed by atoms with Gasteiger partial charge >= 0.3 is 23.0 Å². The van der Waals surface area contributed by atoms with Crippen molar-refractivity contribution in [1.82, 2.24) is 27.4 Å². The highest BCUT2D eigenvalue weighted by molar-refractivity contribution is 7.20. The van der Waals surface area contributed by atoms with Crippen molar-refractivity contribution >= 4 is 82.4 Å². The van der Waals surface area contributed by atoms with E-state index in [0.29, 0.717) is 153 Å². The fourth-order valence-corrected chi connectivity index (χ4v) is 17.4. The van der Waals surface area contributed by atoms with Crippen LogP contribution in [0.4, 0.5) is 13.2 Å². The fraction of sp³-hybridized carbons (Fsp3) is 0.481. The van der Waals surface area contributed by atoms with Gasteiger partial charge in [-0.25, -0.2) is 46.1 Å². The van der Waals surface area contributed by atoms with Crippen LogP contribution in [0.3, 0.4) is 0 Å². The highest BCUT2D eigenvalue weighted by Crippen LogP contribution is 2.40. The Balaban J connectivity index is 0.000000185. The molecule has 0 unspecified atom stereocenters. The predicted molar refractivity (Wildman–Crippen MR) is 429 cm³/mol. The van der Waals surface area contributed by atoms with Crippen LogP contribution in [0.2, 0.25) is 0 Å². The van der Waals surface area contributed by atoms with Gasteiger partial charge in [-0.1, -0.05) is 0 Å². The molecule has 9 aromatic rings. The van der Waals surface area contributed by atoms with Crippen molar-refractivity contribution in [3.05, 3.63) is 183 Å². The molecular weight excluding hydrogens is 1580 g/mol. The van der Waals surface area contributed by atoms with E-state index < -0.39 is 104 Å². The molecule has 0 saturated carbocycles. The van der Waals surface area contributed by atoms with Crippen molar-refractivity contribution in [2.45, 2.75) is 194 Å². The summed E-state index contributed by atoms with van der Waals surface area (Å²) in [6, 6.07) is 18.4. The average Bonchev–Trinajstić information content (AvgIpc) is 1.67. The lowest BCUT2D eigenvalue weighted by Crippen LogP contribution is -2.54. The van der Waals surface area contributed by atoms with Gasteiger partial charge in [-0.3, -0.25) is 37.7 Å². The molecule has 12 rings (SSSR count). The van der Waals surface area contributed by atoms with Crippen LogP contribution in [-0.4, -0.2) is 128 Å². The number of nitrogens with zero attached hydrogens (tertiary/aromatic N) is 9. The van der Waals surface area contributed by atoms with Gasteiger partial charge in [0.1, 0.15) is 117 Å². The lowest BCUT2D eigenvalue weighted by atomic mass is 10.0. The summed E-state index contributed by atoms with van der Waals surface area (Å²) in [6.45, 7) is 21.7. The van der Waals surface area contributed by atoms with Gasteiger partial charge in [0.25, 0.3) is 16.7 Å². The van der Waals surface area contributed by atoms with Crippen molar-refractivity contribution in [1.29, 1.82) is 15.8 Å². The number of benzene rings is 3. The summed E-state index contributed by atoms with van der Waals surface area (Å²) in [7, 11) is 0. The Morgan fingerprint density at radius 2 is 0.718 bits per heavy atom. The number of nitriles is 3. The van der Waals surface area contributed by atoms with Crippen LogP contribution < -0.4 is 59.4 Å². The Morgan fingerprint density at radius 1 is 0.470 bits per heavy atom. The number of aliphatic carboxylic acids is 1. The molecule has 624 valence electrons. The van der Waals surface area contributed by atoms with Crippen LogP contribution in [-0.2, 0) is 79.1 Å². The smallest absolute Gasteiger partial charge is 0.333 e. The van der Waals surface area contributed by atoms with E-state index in [1.165, 1.54) is 110 Å². The summed E-state index contributed by atoms with van der Waals surface area (Å²) in [5.74, 6) is -3.51. The summed E-state index contributed by atoms with van der Waals surface area (Å²) in [4.78, 5) is 121. The number of aromatic nitrogens is 6. The molecule has 9 heterocycles. The Kier molecular flexibility index (Phi) is 28.3. The summed E-state index contributed by atoms with van der Waals surface area (Å²) >= 11 is 2.97. The number of hydrogen-bond acceptors (Lipinski definition) is 24. The number of halogens is 3. The maximum atomic E-state index is 14.5. The van der Waals surface area contributed by atoms with E-state index in [-0.39, 0.29) is 83.2 Å². The van der Waals surface area contributed by atoms with E-state index in [1.807, 2.05) is 6.07 Å². The maximum Gasteiger partial charge on any atom is 0.333 e. The molecule has 36 heteroatoms. The van der Waals surface area contributed by atoms with Gasteiger partial charge in [0.05, 0.1) is 73.9 Å². The lowest BCUT2D eigenvalue weighted by Gasteiger charge is -2.30. The van der Waals surface area contributed by atoms with Crippen LogP contribution in [0, 0.1) is 72.2 Å². The zero-order valence-electron chi connectivity index (χ0n) is 66.7. The minimum atomic E-state index is -1.89. The molecule has 3 aliphatic heterocycles. The van der Waals surface area contributed by atoms with E-state index >= 15 is 0 Å². The van der Waals surface area contributed by atoms with Crippen LogP contribution in [0.25, 0.3) is 30.6 Å². The Hall–Kier alpha value is -10.6. The summed E-state index contributed by atoms with van der Waals surface area (Å²) in [6.07, 6.45) is 0.202. The Morgan fingerprint density at radius 3 is 0.940 bits per heavy atom. The Bertz CT molecular complexity index is 5240. The molecule has 30 nitrogen and oxygen atoms in total. The van der Waals surface area contributed by atoms with Crippen LogP contribution in [0.1, 0.15) is 167 Å². The number of amides is 2. The number of carbonyl (C=O) groups is 3. The van der Waals surface area contributed by atoms with Gasteiger partial charge in [-0.2, -0.15) is 15.8 Å². The van der Waals surface area contributed by atoms with Crippen molar-refractivity contribution in [2.24, 2.45) is 11.5 Å². The molecule has 3 fully saturated rings. The molecule has 2 amide bonds. The third kappa shape index (κ3) is 18.4. The number of carboxylic acids is 1. The molecule has 0 bridgehead atoms. The van der Waals surface area contributed by atoms with E-state index in [0.717, 1.165) is 43.1 Å². The van der Waals surface area contributed by atoms with Crippen molar-refractivity contribution < 1.29 is 75.3 Å².